The quantitative estimate of drug-likeness (QED) is 0.160. The molecule has 0 heterocycles. The van der Waals surface area contributed by atoms with Gasteiger partial charge in [-0.15, -0.1) is 0 Å². The molecule has 0 aromatic heterocycles. The van der Waals surface area contributed by atoms with E-state index in [-0.39, 0.29) is 5.56 Å². The Hall–Kier alpha value is -2.89. The van der Waals surface area contributed by atoms with Crippen LogP contribution in [0, 0.1) is 0 Å². The van der Waals surface area contributed by atoms with Crippen molar-refractivity contribution in [3.63, 3.8) is 0 Å². The fourth-order valence-corrected chi connectivity index (χ4v) is 3.71. The lowest BCUT2D eigenvalue weighted by atomic mass is 10.1. The van der Waals surface area contributed by atoms with Gasteiger partial charge >= 0.3 is 5.97 Å². The maximum Gasteiger partial charge on any atom is 0.335 e. The number of hydrogen-bond acceptors (Lipinski definition) is 5. The molecule has 0 amide bonds. The molecule has 2 aromatic carbocycles. The average Bonchev–Trinajstić information content (AvgIpc) is 2.87. The van der Waals surface area contributed by atoms with Crippen molar-refractivity contribution < 1.29 is 19.4 Å². The van der Waals surface area contributed by atoms with Crippen LogP contribution in [0.4, 0.5) is 11.4 Å². The molecule has 0 aliphatic rings. The highest BCUT2D eigenvalue weighted by molar-refractivity contribution is 5.87. The van der Waals surface area contributed by atoms with Gasteiger partial charge in [-0.2, -0.15) is 10.2 Å². The van der Waals surface area contributed by atoms with Crippen molar-refractivity contribution in [2.75, 3.05) is 13.2 Å². The molecule has 0 radical (unpaired) electrons. The monoisotopic (exact) mass is 482 g/mol. The van der Waals surface area contributed by atoms with Gasteiger partial charge in [0.15, 0.2) is 11.5 Å². The summed E-state index contributed by atoms with van der Waals surface area (Å²) < 4.78 is 12.2. The highest BCUT2D eigenvalue weighted by atomic mass is 16.5. The molecular weight excluding hydrogens is 440 g/mol. The maximum absolute atomic E-state index is 11.0. The smallest absolute Gasteiger partial charge is 0.335 e. The van der Waals surface area contributed by atoms with E-state index < -0.39 is 5.97 Å². The average molecular weight is 483 g/mol. The molecule has 2 rings (SSSR count). The molecule has 6 heteroatoms. The predicted octanol–water partition coefficient (Wildman–Crippen LogP) is 9.28. The molecule has 192 valence electrons. The molecular formula is C29H42N2O4. The third-order valence-electron chi connectivity index (χ3n) is 5.83. The Bertz CT molecular complexity index is 881. The van der Waals surface area contributed by atoms with Gasteiger partial charge in [0.25, 0.3) is 0 Å². The molecule has 35 heavy (non-hydrogen) atoms. The van der Waals surface area contributed by atoms with Crippen molar-refractivity contribution >= 4 is 17.3 Å². The van der Waals surface area contributed by atoms with Gasteiger partial charge in [-0.05, 0) is 49.2 Å². The van der Waals surface area contributed by atoms with Crippen molar-refractivity contribution in [1.29, 1.82) is 0 Å². The number of aromatic carboxylic acids is 1. The van der Waals surface area contributed by atoms with Crippen LogP contribution in [-0.2, 0) is 0 Å². The summed E-state index contributed by atoms with van der Waals surface area (Å²) in [7, 11) is 0. The van der Waals surface area contributed by atoms with Crippen LogP contribution in [0.25, 0.3) is 0 Å². The summed E-state index contributed by atoms with van der Waals surface area (Å²) in [6, 6.07) is 11.9. The number of hydrogen-bond donors (Lipinski definition) is 1. The van der Waals surface area contributed by atoms with Crippen molar-refractivity contribution in [3.05, 3.63) is 48.0 Å². The van der Waals surface area contributed by atoms with Crippen LogP contribution >= 0.6 is 0 Å². The van der Waals surface area contributed by atoms with Gasteiger partial charge in [-0.3, -0.25) is 0 Å². The van der Waals surface area contributed by atoms with Crippen LogP contribution < -0.4 is 9.47 Å². The first kappa shape index (κ1) is 28.3. The molecule has 0 spiro atoms. The molecule has 0 aliphatic heterocycles. The second-order valence-corrected chi connectivity index (χ2v) is 8.92. The minimum absolute atomic E-state index is 0.223. The van der Waals surface area contributed by atoms with Crippen LogP contribution in [0.15, 0.2) is 52.7 Å². The third kappa shape index (κ3) is 11.9. The molecule has 0 atom stereocenters. The summed E-state index contributed by atoms with van der Waals surface area (Å²) in [6.45, 7) is 5.78. The van der Waals surface area contributed by atoms with E-state index >= 15 is 0 Å². The van der Waals surface area contributed by atoms with Crippen molar-refractivity contribution in [3.8, 4) is 11.5 Å². The first-order valence-electron chi connectivity index (χ1n) is 13.3. The zero-order valence-electron chi connectivity index (χ0n) is 21.5. The first-order chi connectivity index (χ1) is 17.1. The number of carboxylic acid groups (broad SMARTS) is 1. The third-order valence-corrected chi connectivity index (χ3v) is 5.83. The summed E-state index contributed by atoms with van der Waals surface area (Å²) in [5.41, 5.74) is 1.48. The summed E-state index contributed by atoms with van der Waals surface area (Å²) >= 11 is 0. The van der Waals surface area contributed by atoms with Crippen LogP contribution in [-0.4, -0.2) is 24.3 Å². The summed E-state index contributed by atoms with van der Waals surface area (Å²) in [6.07, 6.45) is 14.6. The highest BCUT2D eigenvalue weighted by Gasteiger charge is 2.08. The fraction of sp³-hybridized carbons (Fsp3) is 0.552. The minimum Gasteiger partial charge on any atom is -0.490 e. The van der Waals surface area contributed by atoms with Gasteiger partial charge in [-0.1, -0.05) is 78.1 Å². The van der Waals surface area contributed by atoms with Crippen LogP contribution in [0.3, 0.4) is 0 Å². The van der Waals surface area contributed by atoms with E-state index in [0.29, 0.717) is 30.3 Å². The number of rotatable bonds is 19. The molecule has 2 aromatic rings. The largest absolute Gasteiger partial charge is 0.490 e. The molecule has 1 N–H and O–H groups in total. The number of carbonyl (C=O) groups is 1. The molecule has 0 saturated heterocycles. The highest BCUT2D eigenvalue weighted by Crippen LogP contribution is 2.33. The minimum atomic E-state index is -0.961. The molecule has 0 aliphatic carbocycles. The van der Waals surface area contributed by atoms with E-state index in [1.54, 1.807) is 12.1 Å². The topological polar surface area (TPSA) is 80.5 Å². The maximum atomic E-state index is 11.0. The zero-order valence-corrected chi connectivity index (χ0v) is 21.5. The predicted molar refractivity (Wildman–Crippen MR) is 142 cm³/mol. The second kappa shape index (κ2) is 17.5. The molecule has 6 nitrogen and oxygen atoms in total. The Morgan fingerprint density at radius 1 is 0.657 bits per heavy atom. The van der Waals surface area contributed by atoms with E-state index in [0.717, 1.165) is 18.6 Å². The summed E-state index contributed by atoms with van der Waals surface area (Å²) in [5.74, 6) is 0.480. The van der Waals surface area contributed by atoms with Gasteiger partial charge in [0, 0.05) is 6.07 Å². The fourth-order valence-electron chi connectivity index (χ4n) is 3.71. The summed E-state index contributed by atoms with van der Waals surface area (Å²) in [5, 5.41) is 17.6. The number of unbranched alkanes of at least 4 members (excludes halogenated alkanes) is 10. The van der Waals surface area contributed by atoms with E-state index in [1.807, 2.05) is 18.2 Å². The Morgan fingerprint density at radius 3 is 1.71 bits per heavy atom. The number of azo groups is 1. The van der Waals surface area contributed by atoms with E-state index in [9.17, 15) is 4.79 Å². The van der Waals surface area contributed by atoms with Crippen LogP contribution in [0.1, 0.15) is 101 Å². The molecule has 0 unspecified atom stereocenters. The Morgan fingerprint density at radius 2 is 1.14 bits per heavy atom. The van der Waals surface area contributed by atoms with Gasteiger partial charge in [0.1, 0.15) is 0 Å². The van der Waals surface area contributed by atoms with Gasteiger partial charge in [0.2, 0.25) is 0 Å². The van der Waals surface area contributed by atoms with Crippen LogP contribution in [0.5, 0.6) is 11.5 Å². The van der Waals surface area contributed by atoms with Gasteiger partial charge < -0.3 is 14.6 Å². The van der Waals surface area contributed by atoms with Crippen molar-refractivity contribution in [2.24, 2.45) is 10.2 Å². The number of carboxylic acids is 1. The lowest BCUT2D eigenvalue weighted by molar-refractivity contribution is 0.0697. The van der Waals surface area contributed by atoms with E-state index in [2.05, 4.69) is 24.1 Å². The number of benzene rings is 2. The normalized spacial score (nSPS) is 11.1. The number of nitrogens with zero attached hydrogens (tertiary/aromatic N) is 2. The van der Waals surface area contributed by atoms with E-state index in [1.165, 1.54) is 76.3 Å². The van der Waals surface area contributed by atoms with Crippen molar-refractivity contribution in [1.82, 2.24) is 0 Å². The van der Waals surface area contributed by atoms with E-state index in [4.69, 9.17) is 14.6 Å². The Kier molecular flexibility index (Phi) is 14.2. The second-order valence-electron chi connectivity index (χ2n) is 8.92. The number of ether oxygens (including phenoxy) is 2. The first-order valence-corrected chi connectivity index (χ1v) is 13.3. The van der Waals surface area contributed by atoms with Crippen molar-refractivity contribution in [2.45, 2.75) is 90.9 Å². The Labute approximate surface area is 210 Å². The molecule has 0 saturated carbocycles. The Balaban J connectivity index is 1.96. The zero-order chi connectivity index (χ0) is 25.1. The molecule has 0 bridgehead atoms. The standard InChI is InChI=1S/C29H42N2O4/c1-3-5-7-9-11-13-21-34-27-20-19-26(23-28(27)35-22-14-12-10-8-6-4-2)31-30-25-17-15-24(16-18-25)29(32)33/h15-20,23H,3-14,21-22H2,1-2H3,(H,32,33). The van der Waals surface area contributed by atoms with Gasteiger partial charge in [0.05, 0.1) is 30.2 Å². The van der Waals surface area contributed by atoms with Crippen LogP contribution in [0.2, 0.25) is 0 Å². The lowest BCUT2D eigenvalue weighted by Gasteiger charge is -2.13. The molecule has 0 fully saturated rings. The lowest BCUT2D eigenvalue weighted by Crippen LogP contribution is -2.02. The SMILES string of the molecule is CCCCCCCCOc1ccc(N=Nc2ccc(C(=O)O)cc2)cc1OCCCCCCCC. The van der Waals surface area contributed by atoms with Gasteiger partial charge in [-0.25, -0.2) is 4.79 Å². The summed E-state index contributed by atoms with van der Waals surface area (Å²) in [4.78, 5) is 11.0.